The highest BCUT2D eigenvalue weighted by Gasteiger charge is 2.44. The third-order valence-electron chi connectivity index (χ3n) is 5.83. The molecule has 1 unspecified atom stereocenters. The standard InChI is InChI=1S/C25H17BO2S3/c1-28-25-22(20-16-6-4-14(29)10-12(16)2-8-18(20)26)24(27)23(25)21-17-7-5-15(30)11-13(17)3-9-19(21)31/h2-11,23,29-31H,1H3. The number of fused-ring (bicyclic) bond motifs is 2. The van der Waals surface area contributed by atoms with Gasteiger partial charge < -0.3 is 4.74 Å². The van der Waals surface area contributed by atoms with Crippen LogP contribution in [-0.4, -0.2) is 20.7 Å². The Bertz CT molecular complexity index is 1440. The molecule has 0 saturated heterocycles. The lowest BCUT2D eigenvalue weighted by Gasteiger charge is -2.33. The number of ether oxygens (including phenoxy) is 1. The summed E-state index contributed by atoms with van der Waals surface area (Å²) in [6, 6.07) is 19.3. The third kappa shape index (κ3) is 3.20. The van der Waals surface area contributed by atoms with Gasteiger partial charge >= 0.3 is 0 Å². The van der Waals surface area contributed by atoms with E-state index >= 15 is 0 Å². The van der Waals surface area contributed by atoms with E-state index in [1.165, 1.54) is 0 Å². The number of hydrogen-bond donors (Lipinski definition) is 3. The van der Waals surface area contributed by atoms with Gasteiger partial charge in [-0.1, -0.05) is 35.8 Å². The molecule has 4 aromatic carbocycles. The smallest absolute Gasteiger partial charge is 0.181 e. The predicted octanol–water partition coefficient (Wildman–Crippen LogP) is 5.38. The number of hydrogen-bond acceptors (Lipinski definition) is 5. The number of benzene rings is 4. The second-order valence-electron chi connectivity index (χ2n) is 7.58. The molecule has 6 heteroatoms. The van der Waals surface area contributed by atoms with Crippen molar-refractivity contribution in [3.05, 3.63) is 77.5 Å². The minimum atomic E-state index is -0.527. The van der Waals surface area contributed by atoms with Gasteiger partial charge in [0.25, 0.3) is 0 Å². The summed E-state index contributed by atoms with van der Waals surface area (Å²) in [6.07, 6.45) is 0. The highest BCUT2D eigenvalue weighted by Crippen LogP contribution is 2.49. The second-order valence-corrected chi connectivity index (χ2v) is 9.09. The highest BCUT2D eigenvalue weighted by molar-refractivity contribution is 7.80. The van der Waals surface area contributed by atoms with E-state index in [4.69, 9.17) is 12.6 Å². The Morgan fingerprint density at radius 2 is 1.45 bits per heavy atom. The van der Waals surface area contributed by atoms with Gasteiger partial charge in [-0.25, -0.2) is 0 Å². The van der Waals surface area contributed by atoms with Crippen LogP contribution in [0.2, 0.25) is 0 Å². The predicted molar refractivity (Wildman–Crippen MR) is 137 cm³/mol. The monoisotopic (exact) mass is 456 g/mol. The molecule has 1 aliphatic rings. The summed E-state index contributed by atoms with van der Waals surface area (Å²) in [5, 5.41) is 3.83. The second kappa shape index (κ2) is 7.70. The molecule has 2 radical (unpaired) electrons. The van der Waals surface area contributed by atoms with E-state index in [2.05, 4.69) is 37.9 Å². The van der Waals surface area contributed by atoms with Crippen molar-refractivity contribution < 1.29 is 9.53 Å². The first-order valence-electron chi connectivity index (χ1n) is 9.69. The summed E-state index contributed by atoms with van der Waals surface area (Å²) in [5.41, 5.74) is 2.62. The number of allylic oxidation sites excluding steroid dienone is 2. The highest BCUT2D eigenvalue weighted by atomic mass is 32.1. The van der Waals surface area contributed by atoms with Crippen LogP contribution in [0.3, 0.4) is 0 Å². The third-order valence-corrected chi connectivity index (χ3v) is 6.78. The number of ketones is 1. The van der Waals surface area contributed by atoms with Gasteiger partial charge in [0.2, 0.25) is 0 Å². The molecule has 0 spiro atoms. The number of methoxy groups -OCH3 is 1. The fraction of sp³-hybridized carbons (Fsp3) is 0.0800. The maximum absolute atomic E-state index is 13.6. The van der Waals surface area contributed by atoms with Crippen molar-refractivity contribution >= 4 is 84.1 Å². The summed E-state index contributed by atoms with van der Waals surface area (Å²) in [5.74, 6) is 0.0569. The largest absolute Gasteiger partial charge is 0.499 e. The van der Waals surface area contributed by atoms with Gasteiger partial charge in [0, 0.05) is 14.7 Å². The molecule has 1 aliphatic carbocycles. The van der Waals surface area contributed by atoms with Crippen LogP contribution >= 0.6 is 37.9 Å². The van der Waals surface area contributed by atoms with Crippen molar-refractivity contribution in [2.45, 2.75) is 20.6 Å². The lowest BCUT2D eigenvalue weighted by molar-refractivity contribution is -0.117. The topological polar surface area (TPSA) is 26.3 Å². The van der Waals surface area contributed by atoms with E-state index in [-0.39, 0.29) is 5.78 Å². The number of thiol groups is 3. The Labute approximate surface area is 198 Å². The van der Waals surface area contributed by atoms with Crippen LogP contribution < -0.4 is 5.46 Å². The summed E-state index contributed by atoms with van der Waals surface area (Å²) in [4.78, 5) is 16.1. The van der Waals surface area contributed by atoms with E-state index in [9.17, 15) is 4.79 Å². The van der Waals surface area contributed by atoms with Crippen molar-refractivity contribution in [2.75, 3.05) is 7.11 Å². The van der Waals surface area contributed by atoms with Gasteiger partial charge in [-0.3, -0.25) is 4.79 Å². The first kappa shape index (κ1) is 20.6. The number of carbonyl (C=O) groups is 1. The Kier molecular flexibility index (Phi) is 5.12. The van der Waals surface area contributed by atoms with Crippen LogP contribution in [0.25, 0.3) is 27.1 Å². The van der Waals surface area contributed by atoms with E-state index in [0.717, 1.165) is 41.8 Å². The molecular formula is C25H17BO2S3. The van der Waals surface area contributed by atoms with Gasteiger partial charge in [0.15, 0.2) is 5.78 Å². The van der Waals surface area contributed by atoms with Crippen molar-refractivity contribution in [2.24, 2.45) is 0 Å². The maximum Gasteiger partial charge on any atom is 0.181 e. The lowest BCUT2D eigenvalue weighted by Crippen LogP contribution is -2.32. The van der Waals surface area contributed by atoms with E-state index < -0.39 is 5.92 Å². The SMILES string of the molecule is [B]c1ccc2cc(S)ccc2c1C1=C(OC)C(c2c(S)ccc3cc(S)ccc23)C1=O. The Morgan fingerprint density at radius 3 is 2.13 bits per heavy atom. The minimum Gasteiger partial charge on any atom is -0.499 e. The molecule has 4 aromatic rings. The fourth-order valence-corrected chi connectivity index (χ4v) is 5.18. The van der Waals surface area contributed by atoms with Gasteiger partial charge in [-0.2, -0.15) is 0 Å². The average molecular weight is 456 g/mol. The normalized spacial score (nSPS) is 16.1. The quantitative estimate of drug-likeness (QED) is 0.285. The zero-order valence-electron chi connectivity index (χ0n) is 16.6. The maximum atomic E-state index is 13.6. The molecule has 0 aromatic heterocycles. The summed E-state index contributed by atoms with van der Waals surface area (Å²) < 4.78 is 5.79. The zero-order valence-corrected chi connectivity index (χ0v) is 19.3. The van der Waals surface area contributed by atoms with E-state index in [1.54, 1.807) is 7.11 Å². The van der Waals surface area contributed by atoms with Gasteiger partial charge in [-0.05, 0) is 63.0 Å². The molecule has 0 N–H and O–H groups in total. The lowest BCUT2D eigenvalue weighted by atomic mass is 9.70. The van der Waals surface area contributed by atoms with Crippen LogP contribution in [-0.2, 0) is 9.53 Å². The van der Waals surface area contributed by atoms with Crippen LogP contribution in [0.5, 0.6) is 0 Å². The molecule has 0 bridgehead atoms. The molecule has 31 heavy (non-hydrogen) atoms. The molecule has 5 rings (SSSR count). The van der Waals surface area contributed by atoms with Crippen LogP contribution in [0.4, 0.5) is 0 Å². The van der Waals surface area contributed by atoms with Crippen LogP contribution in [0, 0.1) is 0 Å². The van der Waals surface area contributed by atoms with Gasteiger partial charge in [0.05, 0.1) is 12.7 Å². The van der Waals surface area contributed by atoms with Crippen LogP contribution in [0.1, 0.15) is 17.0 Å². The summed E-state index contributed by atoms with van der Waals surface area (Å²) in [7, 11) is 7.95. The molecule has 1 atom stereocenters. The molecule has 0 fully saturated rings. The van der Waals surface area contributed by atoms with Gasteiger partial charge in [-0.15, -0.1) is 37.9 Å². The average Bonchev–Trinajstić information content (AvgIpc) is 2.75. The number of Topliss-reactive ketones (excluding diaryl/α,β-unsaturated/α-hetero) is 1. The zero-order chi connectivity index (χ0) is 21.9. The molecule has 2 nitrogen and oxygen atoms in total. The molecule has 0 amide bonds. The van der Waals surface area contributed by atoms with E-state index in [0.29, 0.717) is 22.4 Å². The summed E-state index contributed by atoms with van der Waals surface area (Å²) in [6.45, 7) is 0. The molecule has 0 heterocycles. The Hall–Kier alpha value is -2.28. The molecular weight excluding hydrogens is 439 g/mol. The Morgan fingerprint density at radius 1 is 0.839 bits per heavy atom. The minimum absolute atomic E-state index is 0.0243. The van der Waals surface area contributed by atoms with Crippen molar-refractivity contribution in [3.8, 4) is 0 Å². The molecule has 0 aliphatic heterocycles. The van der Waals surface area contributed by atoms with Crippen LogP contribution in [0.15, 0.2) is 81.1 Å². The van der Waals surface area contributed by atoms with Crippen molar-refractivity contribution in [1.29, 1.82) is 0 Å². The summed E-state index contributed by atoms with van der Waals surface area (Å²) >= 11 is 13.5. The Balaban J connectivity index is 1.76. The number of carbonyl (C=O) groups excluding carboxylic acids is 1. The van der Waals surface area contributed by atoms with E-state index in [1.807, 2.05) is 60.7 Å². The van der Waals surface area contributed by atoms with Crippen molar-refractivity contribution in [3.63, 3.8) is 0 Å². The molecule has 150 valence electrons. The first-order valence-corrected chi connectivity index (χ1v) is 11.0. The van der Waals surface area contributed by atoms with Crippen molar-refractivity contribution in [1.82, 2.24) is 0 Å². The molecule has 0 saturated carbocycles. The first-order chi connectivity index (χ1) is 14.9. The number of rotatable bonds is 3. The van der Waals surface area contributed by atoms with Gasteiger partial charge in [0.1, 0.15) is 19.5 Å². The fourth-order valence-electron chi connectivity index (χ4n) is 4.43.